The maximum absolute atomic E-state index is 6.42. The second-order valence-electron chi connectivity index (χ2n) is 7.60. The number of nitrogens with zero attached hydrogens (tertiary/aromatic N) is 4. The maximum Gasteiger partial charge on any atom is 0.145 e. The van der Waals surface area contributed by atoms with Gasteiger partial charge < -0.3 is 15.0 Å². The fourth-order valence-electron chi connectivity index (χ4n) is 3.83. The summed E-state index contributed by atoms with van der Waals surface area (Å²) in [5.41, 5.74) is 2.91. The first-order valence-corrected chi connectivity index (χ1v) is 10.7. The summed E-state index contributed by atoms with van der Waals surface area (Å²) in [6, 6.07) is 12.3. The molecule has 3 heterocycles. The molecule has 5 rings (SSSR count). The van der Waals surface area contributed by atoms with Crippen LogP contribution in [0.5, 0.6) is 5.75 Å². The minimum atomic E-state index is 0.223. The first kappa shape index (κ1) is 18.3. The van der Waals surface area contributed by atoms with E-state index in [1.54, 1.807) is 6.33 Å². The number of likely N-dealkylation sites (tertiary alicyclic amines) is 1. The molecule has 6 nitrogen and oxygen atoms in total. The smallest absolute Gasteiger partial charge is 0.145 e. The third kappa shape index (κ3) is 3.63. The molecular formula is C22H23N5OS. The highest BCUT2D eigenvalue weighted by molar-refractivity contribution is 7.13. The zero-order valence-electron chi connectivity index (χ0n) is 16.6. The normalized spacial score (nSPS) is 15.8. The Kier molecular flexibility index (Phi) is 4.77. The molecule has 148 valence electrons. The van der Waals surface area contributed by atoms with Crippen molar-refractivity contribution in [3.8, 4) is 5.75 Å². The van der Waals surface area contributed by atoms with Crippen LogP contribution in [-0.4, -0.2) is 45.5 Å². The fraction of sp³-hybridized carbons (Fsp3) is 0.318. The lowest BCUT2D eigenvalue weighted by atomic mass is 10.1. The molecule has 2 aromatic carbocycles. The van der Waals surface area contributed by atoms with Gasteiger partial charge in [-0.15, -0.1) is 0 Å². The summed E-state index contributed by atoms with van der Waals surface area (Å²) in [6.07, 6.45) is 3.88. The van der Waals surface area contributed by atoms with Crippen molar-refractivity contribution in [1.82, 2.24) is 19.2 Å². The van der Waals surface area contributed by atoms with Crippen LogP contribution in [0, 0.1) is 6.92 Å². The number of rotatable bonds is 4. The number of piperidine rings is 1. The molecule has 1 N–H and O–H groups in total. The van der Waals surface area contributed by atoms with Gasteiger partial charge in [0.25, 0.3) is 0 Å². The summed E-state index contributed by atoms with van der Waals surface area (Å²) < 4.78 is 12.0. The molecule has 1 aliphatic rings. The van der Waals surface area contributed by atoms with E-state index in [9.17, 15) is 0 Å². The third-order valence-corrected chi connectivity index (χ3v) is 6.41. The van der Waals surface area contributed by atoms with Gasteiger partial charge in [0.2, 0.25) is 0 Å². The summed E-state index contributed by atoms with van der Waals surface area (Å²) in [4.78, 5) is 11.3. The second kappa shape index (κ2) is 7.57. The summed E-state index contributed by atoms with van der Waals surface area (Å²) in [5, 5.41) is 5.57. The predicted molar refractivity (Wildman–Crippen MR) is 118 cm³/mol. The third-order valence-electron chi connectivity index (χ3n) is 5.50. The van der Waals surface area contributed by atoms with E-state index in [0.29, 0.717) is 0 Å². The monoisotopic (exact) mass is 405 g/mol. The van der Waals surface area contributed by atoms with Crippen molar-refractivity contribution in [2.24, 2.45) is 0 Å². The Bertz CT molecular complexity index is 1160. The van der Waals surface area contributed by atoms with Gasteiger partial charge in [-0.3, -0.25) is 0 Å². The molecule has 29 heavy (non-hydrogen) atoms. The number of benzene rings is 2. The number of hydrogen-bond donors (Lipinski definition) is 1. The molecule has 1 saturated heterocycles. The van der Waals surface area contributed by atoms with Crippen LogP contribution in [0.3, 0.4) is 0 Å². The first-order chi connectivity index (χ1) is 14.2. The molecule has 0 radical (unpaired) electrons. The van der Waals surface area contributed by atoms with Gasteiger partial charge >= 0.3 is 0 Å². The Balaban J connectivity index is 1.50. The quantitative estimate of drug-likeness (QED) is 0.528. The Morgan fingerprint density at radius 3 is 2.86 bits per heavy atom. The highest BCUT2D eigenvalue weighted by atomic mass is 32.1. The number of nitrogens with one attached hydrogen (secondary N) is 1. The van der Waals surface area contributed by atoms with E-state index in [2.05, 4.69) is 49.8 Å². The Labute approximate surface area is 173 Å². The van der Waals surface area contributed by atoms with Crippen molar-refractivity contribution in [2.75, 3.05) is 25.5 Å². The molecule has 0 saturated carbocycles. The maximum atomic E-state index is 6.42. The molecule has 0 amide bonds. The zero-order chi connectivity index (χ0) is 19.8. The van der Waals surface area contributed by atoms with Crippen LogP contribution >= 0.6 is 11.5 Å². The standard InChI is InChI=1S/C22H23N5OS/c1-14-17-12-15(6-7-20(17)29-26-14)25-22-21-18(23-13-24-22)4-3-5-19(21)28-16-8-10-27(2)11-9-16/h3-7,12-13,16H,8-11H2,1-2H3,(H,23,24,25). The molecule has 2 aromatic heterocycles. The molecule has 1 fully saturated rings. The first-order valence-electron chi connectivity index (χ1n) is 9.89. The van der Waals surface area contributed by atoms with Crippen molar-refractivity contribution < 1.29 is 4.74 Å². The fourth-order valence-corrected chi connectivity index (χ4v) is 4.59. The molecule has 0 bridgehead atoms. The van der Waals surface area contributed by atoms with E-state index in [0.717, 1.165) is 59.8 Å². The van der Waals surface area contributed by atoms with Crippen LogP contribution in [0.2, 0.25) is 0 Å². The Morgan fingerprint density at radius 2 is 2.00 bits per heavy atom. The molecule has 4 aromatic rings. The average molecular weight is 406 g/mol. The Hall–Kier alpha value is -2.77. The van der Waals surface area contributed by atoms with Gasteiger partial charge in [0, 0.05) is 24.2 Å². The van der Waals surface area contributed by atoms with Crippen LogP contribution in [-0.2, 0) is 0 Å². The molecule has 0 spiro atoms. The minimum Gasteiger partial charge on any atom is -0.489 e. The van der Waals surface area contributed by atoms with Crippen LogP contribution in [0.4, 0.5) is 11.5 Å². The van der Waals surface area contributed by atoms with Crippen LogP contribution in [0.1, 0.15) is 18.5 Å². The van der Waals surface area contributed by atoms with E-state index >= 15 is 0 Å². The summed E-state index contributed by atoms with van der Waals surface area (Å²) in [7, 11) is 2.16. The predicted octanol–water partition coefficient (Wildman–Crippen LogP) is 4.76. The average Bonchev–Trinajstić information content (AvgIpc) is 3.10. The van der Waals surface area contributed by atoms with Crippen molar-refractivity contribution in [1.29, 1.82) is 0 Å². The minimum absolute atomic E-state index is 0.223. The molecule has 7 heteroatoms. The van der Waals surface area contributed by atoms with Gasteiger partial charge in [0.1, 0.15) is 24.0 Å². The van der Waals surface area contributed by atoms with Crippen molar-refractivity contribution in [2.45, 2.75) is 25.9 Å². The number of hydrogen-bond acceptors (Lipinski definition) is 7. The largest absolute Gasteiger partial charge is 0.489 e. The van der Waals surface area contributed by atoms with Gasteiger partial charge in [0.05, 0.1) is 21.3 Å². The Morgan fingerprint density at radius 1 is 1.14 bits per heavy atom. The molecule has 0 atom stereocenters. The van der Waals surface area contributed by atoms with E-state index < -0.39 is 0 Å². The number of fused-ring (bicyclic) bond motifs is 2. The number of aryl methyl sites for hydroxylation is 1. The number of anilines is 2. The summed E-state index contributed by atoms with van der Waals surface area (Å²) in [6.45, 7) is 4.16. The lowest BCUT2D eigenvalue weighted by Gasteiger charge is -2.29. The topological polar surface area (TPSA) is 63.2 Å². The van der Waals surface area contributed by atoms with E-state index in [-0.39, 0.29) is 6.10 Å². The van der Waals surface area contributed by atoms with Gasteiger partial charge in [-0.05, 0) is 68.7 Å². The number of aromatic nitrogens is 3. The highest BCUT2D eigenvalue weighted by Crippen LogP contribution is 2.34. The second-order valence-corrected chi connectivity index (χ2v) is 8.40. The lowest BCUT2D eigenvalue weighted by molar-refractivity contribution is 0.116. The molecule has 1 aliphatic heterocycles. The van der Waals surface area contributed by atoms with Gasteiger partial charge in [-0.2, -0.15) is 4.37 Å². The zero-order valence-corrected chi connectivity index (χ0v) is 17.4. The summed E-state index contributed by atoms with van der Waals surface area (Å²) >= 11 is 1.53. The van der Waals surface area contributed by atoms with Crippen LogP contribution < -0.4 is 10.1 Å². The molecular weight excluding hydrogens is 382 g/mol. The number of ether oxygens (including phenoxy) is 1. The lowest BCUT2D eigenvalue weighted by Crippen LogP contribution is -2.35. The highest BCUT2D eigenvalue weighted by Gasteiger charge is 2.20. The van der Waals surface area contributed by atoms with E-state index in [4.69, 9.17) is 4.74 Å². The van der Waals surface area contributed by atoms with Crippen molar-refractivity contribution in [3.05, 3.63) is 48.4 Å². The van der Waals surface area contributed by atoms with Gasteiger partial charge in [0.15, 0.2) is 0 Å². The molecule has 0 unspecified atom stereocenters. The van der Waals surface area contributed by atoms with Gasteiger partial charge in [-0.1, -0.05) is 6.07 Å². The van der Waals surface area contributed by atoms with Gasteiger partial charge in [-0.25, -0.2) is 9.97 Å². The van der Waals surface area contributed by atoms with Crippen molar-refractivity contribution >= 4 is 44.0 Å². The van der Waals surface area contributed by atoms with Crippen molar-refractivity contribution in [3.63, 3.8) is 0 Å². The summed E-state index contributed by atoms with van der Waals surface area (Å²) in [5.74, 6) is 1.60. The van der Waals surface area contributed by atoms with Crippen LogP contribution in [0.25, 0.3) is 21.0 Å². The SMILES string of the molecule is Cc1nsc2ccc(Nc3ncnc4cccc(OC5CCN(C)CC5)c34)cc12. The van der Waals surface area contributed by atoms with Crippen LogP contribution in [0.15, 0.2) is 42.7 Å². The van der Waals surface area contributed by atoms with E-state index in [1.807, 2.05) is 25.1 Å². The van der Waals surface area contributed by atoms with E-state index in [1.165, 1.54) is 21.6 Å². The molecule has 0 aliphatic carbocycles.